The summed E-state index contributed by atoms with van der Waals surface area (Å²) in [4.78, 5) is 31.2. The first-order valence-corrected chi connectivity index (χ1v) is 13.5. The minimum Gasteiger partial charge on any atom is -0.478 e. The number of carbonyl (C=O) groups excluding carboxylic acids is 1. The van der Waals surface area contributed by atoms with Gasteiger partial charge in [-0.15, -0.1) is 0 Å². The minimum absolute atomic E-state index is 0.0948. The first-order chi connectivity index (χ1) is 19.2. The van der Waals surface area contributed by atoms with Gasteiger partial charge in [-0.05, 0) is 87.1 Å². The van der Waals surface area contributed by atoms with Crippen molar-refractivity contribution in [2.24, 2.45) is 0 Å². The Bertz CT molecular complexity index is 1570. The highest BCUT2D eigenvalue weighted by atomic mass is 32.1. The summed E-state index contributed by atoms with van der Waals surface area (Å²) in [6.45, 7) is 6.44. The molecule has 5 rings (SSSR count). The van der Waals surface area contributed by atoms with E-state index < -0.39 is 5.97 Å². The number of aryl methyl sites for hydroxylation is 2. The molecule has 40 heavy (non-hydrogen) atoms. The maximum absolute atomic E-state index is 12.9. The fourth-order valence-electron chi connectivity index (χ4n) is 5.33. The third kappa shape index (κ3) is 5.46. The Morgan fingerprint density at radius 3 is 2.50 bits per heavy atom. The van der Waals surface area contributed by atoms with Gasteiger partial charge in [-0.2, -0.15) is 0 Å². The number of carboxylic acid groups (broad SMARTS) is 1. The number of pyridine rings is 1. The Balaban J connectivity index is 1.48. The Labute approximate surface area is 238 Å². The predicted molar refractivity (Wildman–Crippen MR) is 159 cm³/mol. The Morgan fingerprint density at radius 1 is 1.02 bits per heavy atom. The van der Waals surface area contributed by atoms with Crippen molar-refractivity contribution >= 4 is 34.9 Å². The number of amides is 1. The van der Waals surface area contributed by atoms with Crippen LogP contribution in [0.3, 0.4) is 0 Å². The van der Waals surface area contributed by atoms with Gasteiger partial charge in [0.1, 0.15) is 0 Å². The van der Waals surface area contributed by atoms with Gasteiger partial charge in [0.25, 0.3) is 0 Å². The van der Waals surface area contributed by atoms with Crippen LogP contribution < -0.4 is 10.6 Å². The summed E-state index contributed by atoms with van der Waals surface area (Å²) in [5.41, 5.74) is 6.68. The SMILES string of the molecule is Cc1ccc(NC(=O)CCN2C(=S)N[C@H](c3ccccn3)[C@H]2c2cc(C)n(-c3cccc(C(=O)O)c3)c2C)cc1. The molecule has 0 spiro atoms. The number of nitrogens with zero attached hydrogens (tertiary/aromatic N) is 3. The van der Waals surface area contributed by atoms with Gasteiger partial charge < -0.3 is 25.2 Å². The number of hydrogen-bond acceptors (Lipinski definition) is 4. The molecule has 8 nitrogen and oxygen atoms in total. The second kappa shape index (κ2) is 11.3. The molecule has 1 saturated heterocycles. The molecule has 3 N–H and O–H groups in total. The molecule has 0 bridgehead atoms. The molecule has 0 aliphatic carbocycles. The molecule has 1 aliphatic heterocycles. The third-order valence-electron chi connectivity index (χ3n) is 7.25. The molecular formula is C31H31N5O3S. The Morgan fingerprint density at radius 2 is 1.80 bits per heavy atom. The molecule has 2 atom stereocenters. The summed E-state index contributed by atoms with van der Waals surface area (Å²) in [5, 5.41) is 16.5. The van der Waals surface area contributed by atoms with Crippen LogP contribution in [0.25, 0.3) is 5.69 Å². The van der Waals surface area contributed by atoms with Crippen LogP contribution in [-0.2, 0) is 4.79 Å². The summed E-state index contributed by atoms with van der Waals surface area (Å²) < 4.78 is 2.06. The number of carboxylic acids is 1. The summed E-state index contributed by atoms with van der Waals surface area (Å²) in [6, 6.07) is 22.1. The Kier molecular flexibility index (Phi) is 7.66. The van der Waals surface area contributed by atoms with E-state index in [1.165, 1.54) is 0 Å². The second-order valence-corrected chi connectivity index (χ2v) is 10.4. The van der Waals surface area contributed by atoms with Crippen molar-refractivity contribution in [3.8, 4) is 5.69 Å². The maximum Gasteiger partial charge on any atom is 0.335 e. The molecule has 2 aromatic heterocycles. The van der Waals surface area contributed by atoms with Gasteiger partial charge in [0.05, 0.1) is 23.3 Å². The van der Waals surface area contributed by atoms with Crippen LogP contribution in [-0.4, -0.2) is 43.1 Å². The van der Waals surface area contributed by atoms with E-state index in [4.69, 9.17) is 12.2 Å². The zero-order valence-electron chi connectivity index (χ0n) is 22.6. The standard InChI is InChI=1S/C31H31N5O3S/c1-19-10-12-23(13-11-19)33-27(37)14-16-35-29(28(34-31(35)40)26-9-4-5-15-32-26)25-17-20(2)36(21(25)3)24-8-6-7-22(18-24)30(38)39/h4-13,15,17-18,28-29H,14,16H2,1-3H3,(H,33,37)(H,34,40)(H,38,39)/t28-,29-/m1/s1. The molecule has 1 fully saturated rings. The van der Waals surface area contributed by atoms with Gasteiger partial charge in [0.2, 0.25) is 5.91 Å². The van der Waals surface area contributed by atoms with Crippen molar-refractivity contribution in [2.75, 3.05) is 11.9 Å². The van der Waals surface area contributed by atoms with Crippen LogP contribution in [0, 0.1) is 20.8 Å². The first kappa shape index (κ1) is 27.1. The topological polar surface area (TPSA) is 99.5 Å². The van der Waals surface area contributed by atoms with Crippen LogP contribution in [0.15, 0.2) is 79.0 Å². The van der Waals surface area contributed by atoms with E-state index >= 15 is 0 Å². The van der Waals surface area contributed by atoms with E-state index in [9.17, 15) is 14.7 Å². The minimum atomic E-state index is -0.972. The van der Waals surface area contributed by atoms with Crippen LogP contribution in [0.1, 0.15) is 57.1 Å². The normalized spacial score (nSPS) is 16.6. The lowest BCUT2D eigenvalue weighted by molar-refractivity contribution is -0.116. The van der Waals surface area contributed by atoms with Crippen molar-refractivity contribution in [1.82, 2.24) is 19.8 Å². The molecule has 2 aromatic carbocycles. The molecule has 1 amide bonds. The number of anilines is 1. The molecular weight excluding hydrogens is 522 g/mol. The van der Waals surface area contributed by atoms with Gasteiger partial charge in [0, 0.05) is 41.9 Å². The largest absolute Gasteiger partial charge is 0.478 e. The molecule has 0 radical (unpaired) electrons. The fraction of sp³-hybridized carbons (Fsp3) is 0.226. The van der Waals surface area contributed by atoms with E-state index in [0.717, 1.165) is 39.6 Å². The van der Waals surface area contributed by atoms with Gasteiger partial charge in [0.15, 0.2) is 5.11 Å². The van der Waals surface area contributed by atoms with E-state index in [1.54, 1.807) is 24.4 Å². The lowest BCUT2D eigenvalue weighted by Crippen LogP contribution is -2.32. The summed E-state index contributed by atoms with van der Waals surface area (Å²) in [7, 11) is 0. The maximum atomic E-state index is 12.9. The molecule has 9 heteroatoms. The van der Waals surface area contributed by atoms with Crippen molar-refractivity contribution in [3.05, 3.63) is 113 Å². The van der Waals surface area contributed by atoms with Crippen LogP contribution in [0.4, 0.5) is 5.69 Å². The molecule has 204 valence electrons. The van der Waals surface area contributed by atoms with Crippen LogP contribution in [0.2, 0.25) is 0 Å². The number of hydrogen-bond donors (Lipinski definition) is 3. The van der Waals surface area contributed by atoms with Crippen molar-refractivity contribution in [1.29, 1.82) is 0 Å². The average Bonchev–Trinajstić information content (AvgIpc) is 3.43. The quantitative estimate of drug-likeness (QED) is 0.248. The van der Waals surface area contributed by atoms with Gasteiger partial charge >= 0.3 is 5.97 Å². The number of nitrogens with one attached hydrogen (secondary N) is 2. The molecule has 1 aliphatic rings. The lowest BCUT2D eigenvalue weighted by Gasteiger charge is -2.28. The number of thiocarbonyl (C=S) groups is 1. The molecule has 3 heterocycles. The predicted octanol–water partition coefficient (Wildman–Crippen LogP) is 5.50. The molecule has 0 saturated carbocycles. The van der Waals surface area contributed by atoms with Gasteiger partial charge in [-0.1, -0.05) is 29.8 Å². The highest BCUT2D eigenvalue weighted by Gasteiger charge is 2.41. The number of aromatic nitrogens is 2. The average molecular weight is 554 g/mol. The fourth-order valence-corrected chi connectivity index (χ4v) is 5.66. The smallest absolute Gasteiger partial charge is 0.335 e. The van der Waals surface area contributed by atoms with Crippen LogP contribution >= 0.6 is 12.2 Å². The Hall–Kier alpha value is -4.50. The highest BCUT2D eigenvalue weighted by molar-refractivity contribution is 7.80. The van der Waals surface area contributed by atoms with E-state index in [2.05, 4.69) is 31.2 Å². The van der Waals surface area contributed by atoms with Crippen molar-refractivity contribution < 1.29 is 14.7 Å². The number of benzene rings is 2. The third-order valence-corrected chi connectivity index (χ3v) is 7.61. The summed E-state index contributed by atoms with van der Waals surface area (Å²) in [6.07, 6.45) is 2.01. The number of carbonyl (C=O) groups is 2. The van der Waals surface area contributed by atoms with E-state index in [0.29, 0.717) is 11.7 Å². The first-order valence-electron chi connectivity index (χ1n) is 13.1. The summed E-state index contributed by atoms with van der Waals surface area (Å²) in [5.74, 6) is -1.07. The monoisotopic (exact) mass is 553 g/mol. The lowest BCUT2D eigenvalue weighted by atomic mass is 9.96. The van der Waals surface area contributed by atoms with Gasteiger partial charge in [-0.25, -0.2) is 4.79 Å². The highest BCUT2D eigenvalue weighted by Crippen LogP contribution is 2.41. The van der Waals surface area contributed by atoms with Gasteiger partial charge in [-0.3, -0.25) is 9.78 Å². The zero-order valence-corrected chi connectivity index (χ0v) is 23.4. The van der Waals surface area contributed by atoms with Crippen LogP contribution in [0.5, 0.6) is 0 Å². The zero-order chi connectivity index (χ0) is 28.4. The van der Waals surface area contributed by atoms with E-state index in [1.807, 2.05) is 69.3 Å². The van der Waals surface area contributed by atoms with Crippen molar-refractivity contribution in [2.45, 2.75) is 39.3 Å². The van der Waals surface area contributed by atoms with Crippen molar-refractivity contribution in [3.63, 3.8) is 0 Å². The summed E-state index contributed by atoms with van der Waals surface area (Å²) >= 11 is 5.80. The molecule has 0 unspecified atom stereocenters. The number of aromatic carboxylic acids is 1. The molecule has 4 aromatic rings. The number of rotatable bonds is 8. The van der Waals surface area contributed by atoms with E-state index in [-0.39, 0.29) is 30.0 Å². The second-order valence-electron chi connectivity index (χ2n) is 10.0.